The van der Waals surface area contributed by atoms with E-state index in [2.05, 4.69) is 15.4 Å². The summed E-state index contributed by atoms with van der Waals surface area (Å²) >= 11 is 0. The molecule has 0 unspecified atom stereocenters. The third-order valence-electron chi connectivity index (χ3n) is 2.41. The van der Waals surface area contributed by atoms with Gasteiger partial charge in [-0.3, -0.25) is 14.7 Å². The summed E-state index contributed by atoms with van der Waals surface area (Å²) in [6.45, 7) is 3.07. The van der Waals surface area contributed by atoms with Gasteiger partial charge in [-0.15, -0.1) is 0 Å². The second kappa shape index (κ2) is 5.31. The maximum Gasteiger partial charge on any atom is 0.265 e. The van der Waals surface area contributed by atoms with E-state index in [0.717, 1.165) is 17.9 Å². The Hall–Kier alpha value is -2.37. The molecule has 0 aliphatic heterocycles. The highest BCUT2D eigenvalue weighted by Crippen LogP contribution is 2.06. The predicted molar refractivity (Wildman–Crippen MR) is 68.8 cm³/mol. The minimum atomic E-state index is -0.296. The van der Waals surface area contributed by atoms with E-state index in [1.165, 1.54) is 16.8 Å². The molecule has 2 rings (SSSR count). The number of nitrogens with zero attached hydrogens (tertiary/aromatic N) is 2. The molecule has 0 saturated carbocycles. The first-order valence-electron chi connectivity index (χ1n) is 5.68. The summed E-state index contributed by atoms with van der Waals surface area (Å²) in [5.74, 6) is 0.751. The van der Waals surface area contributed by atoms with Crippen LogP contribution in [0.2, 0.25) is 0 Å². The standard InChI is InChI=1S/C12H14N4O2/c1-2-13-10-7-9(5-6-14-10)8-16-12(18)4-3-11(17)15-16/h3-7H,2,8H2,1H3,(H,13,14)(H,15,17). The van der Waals surface area contributed by atoms with Crippen LogP contribution in [-0.2, 0) is 6.54 Å². The summed E-state index contributed by atoms with van der Waals surface area (Å²) in [4.78, 5) is 26.9. The van der Waals surface area contributed by atoms with E-state index in [0.29, 0.717) is 6.54 Å². The predicted octanol–water partition coefficient (Wildman–Crippen LogP) is 0.412. The summed E-state index contributed by atoms with van der Waals surface area (Å²) in [5, 5.41) is 5.57. The van der Waals surface area contributed by atoms with Gasteiger partial charge in [-0.25, -0.2) is 9.67 Å². The highest BCUT2D eigenvalue weighted by molar-refractivity contribution is 5.37. The molecule has 2 N–H and O–H groups in total. The number of hydrogen-bond donors (Lipinski definition) is 2. The number of H-pyrrole nitrogens is 1. The molecule has 0 aromatic carbocycles. The van der Waals surface area contributed by atoms with Crippen molar-refractivity contribution in [3.63, 3.8) is 0 Å². The van der Waals surface area contributed by atoms with E-state index in [4.69, 9.17) is 0 Å². The number of anilines is 1. The van der Waals surface area contributed by atoms with Crippen LogP contribution in [0.4, 0.5) is 5.82 Å². The van der Waals surface area contributed by atoms with E-state index in [1.807, 2.05) is 13.0 Å². The van der Waals surface area contributed by atoms with Crippen molar-refractivity contribution < 1.29 is 0 Å². The topological polar surface area (TPSA) is 79.8 Å². The monoisotopic (exact) mass is 246 g/mol. The van der Waals surface area contributed by atoms with Crippen molar-refractivity contribution in [2.24, 2.45) is 0 Å². The van der Waals surface area contributed by atoms with Crippen LogP contribution in [0.15, 0.2) is 40.1 Å². The number of nitrogens with one attached hydrogen (secondary N) is 2. The smallest absolute Gasteiger partial charge is 0.265 e. The molecular weight excluding hydrogens is 232 g/mol. The maximum absolute atomic E-state index is 11.5. The van der Waals surface area contributed by atoms with Crippen molar-refractivity contribution in [2.75, 3.05) is 11.9 Å². The first-order chi connectivity index (χ1) is 8.69. The Morgan fingerprint density at radius 1 is 1.33 bits per heavy atom. The van der Waals surface area contributed by atoms with Crippen LogP contribution in [0.5, 0.6) is 0 Å². The van der Waals surface area contributed by atoms with E-state index >= 15 is 0 Å². The van der Waals surface area contributed by atoms with Crippen LogP contribution in [0, 0.1) is 0 Å². The molecule has 6 heteroatoms. The molecule has 0 bridgehead atoms. The van der Waals surface area contributed by atoms with Crippen LogP contribution in [0.3, 0.4) is 0 Å². The molecule has 0 saturated heterocycles. The molecule has 0 amide bonds. The lowest BCUT2D eigenvalue weighted by molar-refractivity contribution is 0.627. The normalized spacial score (nSPS) is 10.3. The zero-order chi connectivity index (χ0) is 13.0. The number of aromatic amines is 1. The Morgan fingerprint density at radius 2 is 2.17 bits per heavy atom. The lowest BCUT2D eigenvalue weighted by atomic mass is 10.2. The van der Waals surface area contributed by atoms with Gasteiger partial charge in [0.05, 0.1) is 6.54 Å². The zero-order valence-corrected chi connectivity index (χ0v) is 10.0. The van der Waals surface area contributed by atoms with Crippen molar-refractivity contribution in [2.45, 2.75) is 13.5 Å². The molecule has 0 fully saturated rings. The molecular formula is C12H14N4O2. The van der Waals surface area contributed by atoms with Crippen molar-refractivity contribution in [1.82, 2.24) is 14.8 Å². The number of rotatable bonds is 4. The summed E-state index contributed by atoms with van der Waals surface area (Å²) < 4.78 is 1.27. The SMILES string of the molecule is CCNc1cc(Cn2[nH]c(=O)ccc2=O)ccn1. The molecule has 0 aliphatic rings. The fourth-order valence-electron chi connectivity index (χ4n) is 1.61. The van der Waals surface area contributed by atoms with E-state index in [1.54, 1.807) is 12.3 Å². The highest BCUT2D eigenvalue weighted by atomic mass is 16.1. The van der Waals surface area contributed by atoms with Crippen molar-refractivity contribution >= 4 is 5.82 Å². The van der Waals surface area contributed by atoms with Crippen molar-refractivity contribution in [3.05, 3.63) is 56.7 Å². The van der Waals surface area contributed by atoms with Gasteiger partial charge in [-0.05, 0) is 24.6 Å². The van der Waals surface area contributed by atoms with Crippen molar-refractivity contribution in [3.8, 4) is 0 Å². The van der Waals surface area contributed by atoms with Gasteiger partial charge in [0.15, 0.2) is 0 Å². The average Bonchev–Trinajstić information content (AvgIpc) is 2.35. The molecule has 0 spiro atoms. The summed E-state index contributed by atoms with van der Waals surface area (Å²) in [7, 11) is 0. The molecule has 6 nitrogen and oxygen atoms in total. The molecule has 2 aromatic heterocycles. The van der Waals surface area contributed by atoms with Gasteiger partial charge >= 0.3 is 0 Å². The van der Waals surface area contributed by atoms with Gasteiger partial charge < -0.3 is 5.32 Å². The minimum Gasteiger partial charge on any atom is -0.370 e. The lowest BCUT2D eigenvalue weighted by Gasteiger charge is -2.07. The molecule has 0 radical (unpaired) electrons. The Kier molecular flexibility index (Phi) is 3.57. The van der Waals surface area contributed by atoms with Gasteiger partial charge in [-0.2, -0.15) is 0 Å². The molecule has 2 aromatic rings. The third-order valence-corrected chi connectivity index (χ3v) is 2.41. The fourth-order valence-corrected chi connectivity index (χ4v) is 1.61. The molecule has 94 valence electrons. The van der Waals surface area contributed by atoms with E-state index < -0.39 is 0 Å². The van der Waals surface area contributed by atoms with E-state index in [-0.39, 0.29) is 11.1 Å². The van der Waals surface area contributed by atoms with Gasteiger partial charge in [0, 0.05) is 24.9 Å². The molecule has 0 aliphatic carbocycles. The summed E-state index contributed by atoms with van der Waals surface area (Å²) in [5.41, 5.74) is 0.358. The van der Waals surface area contributed by atoms with Crippen LogP contribution in [0.1, 0.15) is 12.5 Å². The quantitative estimate of drug-likeness (QED) is 0.819. The Bertz CT molecular complexity index is 645. The first-order valence-corrected chi connectivity index (χ1v) is 5.68. The van der Waals surface area contributed by atoms with Crippen LogP contribution >= 0.6 is 0 Å². The number of aromatic nitrogens is 3. The molecule has 18 heavy (non-hydrogen) atoms. The zero-order valence-electron chi connectivity index (χ0n) is 10.0. The highest BCUT2D eigenvalue weighted by Gasteiger charge is 2.00. The summed E-state index contributed by atoms with van der Waals surface area (Å²) in [6.07, 6.45) is 1.67. The van der Waals surface area contributed by atoms with Crippen molar-refractivity contribution in [1.29, 1.82) is 0 Å². The summed E-state index contributed by atoms with van der Waals surface area (Å²) in [6, 6.07) is 6.13. The van der Waals surface area contributed by atoms with Gasteiger partial charge in [0.25, 0.3) is 11.1 Å². The second-order valence-corrected chi connectivity index (χ2v) is 3.81. The third kappa shape index (κ3) is 2.85. The van der Waals surface area contributed by atoms with Gasteiger partial charge in [-0.1, -0.05) is 0 Å². The molecule has 2 heterocycles. The van der Waals surface area contributed by atoms with Crippen LogP contribution in [0.25, 0.3) is 0 Å². The Labute approximate surface area is 103 Å². The minimum absolute atomic E-state index is 0.239. The Balaban J connectivity index is 2.28. The fraction of sp³-hybridized carbons (Fsp3) is 0.250. The second-order valence-electron chi connectivity index (χ2n) is 3.81. The van der Waals surface area contributed by atoms with Crippen LogP contribution in [-0.4, -0.2) is 21.3 Å². The maximum atomic E-state index is 11.5. The van der Waals surface area contributed by atoms with Gasteiger partial charge in [0.1, 0.15) is 5.82 Å². The number of pyridine rings is 1. The average molecular weight is 246 g/mol. The van der Waals surface area contributed by atoms with Gasteiger partial charge in [0.2, 0.25) is 0 Å². The lowest BCUT2D eigenvalue weighted by Crippen LogP contribution is -2.28. The van der Waals surface area contributed by atoms with Crippen LogP contribution < -0.4 is 16.4 Å². The first kappa shape index (κ1) is 12.1. The van der Waals surface area contributed by atoms with E-state index in [9.17, 15) is 9.59 Å². The molecule has 0 atom stereocenters. The largest absolute Gasteiger partial charge is 0.370 e. The number of hydrogen-bond acceptors (Lipinski definition) is 4. The Morgan fingerprint density at radius 3 is 2.94 bits per heavy atom.